The summed E-state index contributed by atoms with van der Waals surface area (Å²) < 4.78 is 25.8. The quantitative estimate of drug-likeness (QED) is 0.792. The number of nitrogens with one attached hydrogen (secondary N) is 1. The lowest BCUT2D eigenvalue weighted by atomic mass is 10.00. The Bertz CT molecular complexity index is 390. The van der Waals surface area contributed by atoms with Gasteiger partial charge in [-0.05, 0) is 31.6 Å². The minimum Gasteiger partial charge on any atom is -0.356 e. The monoisotopic (exact) mass is 260 g/mol. The molecular weight excluding hydrogens is 240 g/mol. The molecule has 5 nitrogen and oxygen atoms in total. The first-order valence-corrected chi connectivity index (χ1v) is 7.74. The van der Waals surface area contributed by atoms with Gasteiger partial charge in [0.1, 0.15) is 0 Å². The summed E-state index contributed by atoms with van der Waals surface area (Å²) in [5.41, 5.74) is 0. The summed E-state index contributed by atoms with van der Waals surface area (Å²) in [5, 5.41) is 2.65. The molecule has 2 aliphatic rings. The van der Waals surface area contributed by atoms with Crippen molar-refractivity contribution in [3.63, 3.8) is 0 Å². The summed E-state index contributed by atoms with van der Waals surface area (Å²) in [6.07, 6.45) is 3.53. The zero-order valence-corrected chi connectivity index (χ0v) is 11.0. The molecule has 1 saturated carbocycles. The van der Waals surface area contributed by atoms with Gasteiger partial charge < -0.3 is 5.32 Å². The van der Waals surface area contributed by atoms with E-state index in [0.29, 0.717) is 19.6 Å². The van der Waals surface area contributed by atoms with Crippen LogP contribution in [-0.4, -0.2) is 43.5 Å². The second-order valence-electron chi connectivity index (χ2n) is 5.05. The van der Waals surface area contributed by atoms with Crippen molar-refractivity contribution in [1.82, 2.24) is 9.62 Å². The Labute approximate surface area is 103 Å². The minimum absolute atomic E-state index is 0.0489. The van der Waals surface area contributed by atoms with Gasteiger partial charge in [0.15, 0.2) is 0 Å². The van der Waals surface area contributed by atoms with Crippen molar-refractivity contribution in [3.05, 3.63) is 0 Å². The van der Waals surface area contributed by atoms with E-state index in [-0.39, 0.29) is 17.1 Å². The number of hydrogen-bond donors (Lipinski definition) is 1. The molecule has 0 aromatic heterocycles. The van der Waals surface area contributed by atoms with Gasteiger partial charge in [-0.2, -0.15) is 0 Å². The standard InChI is InChI=1S/C11H20N2O3S/c1-9(14)12-7-10-3-2-6-13(8-10)17(15,16)11-4-5-11/h10-11H,2-8H2,1H3,(H,12,14). The molecule has 0 radical (unpaired) electrons. The van der Waals surface area contributed by atoms with Crippen molar-refractivity contribution in [2.45, 2.75) is 37.9 Å². The molecule has 0 aromatic rings. The molecule has 0 aromatic carbocycles. The van der Waals surface area contributed by atoms with Gasteiger partial charge in [-0.15, -0.1) is 0 Å². The molecule has 17 heavy (non-hydrogen) atoms. The Balaban J connectivity index is 1.90. The van der Waals surface area contributed by atoms with Crippen molar-refractivity contribution in [2.75, 3.05) is 19.6 Å². The van der Waals surface area contributed by atoms with E-state index in [0.717, 1.165) is 25.7 Å². The van der Waals surface area contributed by atoms with Crippen LogP contribution in [0.15, 0.2) is 0 Å². The predicted molar refractivity (Wildman–Crippen MR) is 64.9 cm³/mol. The average molecular weight is 260 g/mol. The van der Waals surface area contributed by atoms with Crippen LogP contribution in [0.2, 0.25) is 0 Å². The molecule has 2 rings (SSSR count). The van der Waals surface area contributed by atoms with Crippen molar-refractivity contribution in [1.29, 1.82) is 0 Å². The first-order valence-electron chi connectivity index (χ1n) is 6.23. The van der Waals surface area contributed by atoms with Crippen LogP contribution in [0.25, 0.3) is 0 Å². The van der Waals surface area contributed by atoms with Crippen LogP contribution in [0.5, 0.6) is 0 Å². The smallest absolute Gasteiger partial charge is 0.216 e. The van der Waals surface area contributed by atoms with Gasteiger partial charge in [-0.25, -0.2) is 12.7 Å². The number of amides is 1. The highest BCUT2D eigenvalue weighted by Crippen LogP contribution is 2.33. The molecule has 1 saturated heterocycles. The number of carbonyl (C=O) groups excluding carboxylic acids is 1. The van der Waals surface area contributed by atoms with Crippen molar-refractivity contribution in [3.8, 4) is 0 Å². The maximum absolute atomic E-state index is 12.1. The molecular formula is C11H20N2O3S. The fraction of sp³-hybridized carbons (Fsp3) is 0.909. The van der Waals surface area contributed by atoms with Crippen LogP contribution >= 0.6 is 0 Å². The van der Waals surface area contributed by atoms with Crippen LogP contribution in [0.3, 0.4) is 0 Å². The third kappa shape index (κ3) is 3.19. The molecule has 0 spiro atoms. The Morgan fingerprint density at radius 1 is 1.35 bits per heavy atom. The first kappa shape index (κ1) is 12.8. The largest absolute Gasteiger partial charge is 0.356 e. The highest BCUT2D eigenvalue weighted by molar-refractivity contribution is 7.90. The number of sulfonamides is 1. The molecule has 1 aliphatic carbocycles. The molecule has 1 amide bonds. The van der Waals surface area contributed by atoms with Crippen LogP contribution in [0.1, 0.15) is 32.6 Å². The van der Waals surface area contributed by atoms with Crippen molar-refractivity contribution >= 4 is 15.9 Å². The number of rotatable bonds is 4. The molecule has 98 valence electrons. The lowest BCUT2D eigenvalue weighted by Crippen LogP contribution is -2.44. The number of piperidine rings is 1. The predicted octanol–water partition coefficient (Wildman–Crippen LogP) is 0.327. The normalized spacial score (nSPS) is 26.8. The maximum atomic E-state index is 12.1. The molecule has 1 heterocycles. The van der Waals surface area contributed by atoms with Gasteiger partial charge in [0.05, 0.1) is 5.25 Å². The summed E-state index contributed by atoms with van der Waals surface area (Å²) in [4.78, 5) is 10.8. The van der Waals surface area contributed by atoms with E-state index >= 15 is 0 Å². The van der Waals surface area contributed by atoms with E-state index in [1.54, 1.807) is 4.31 Å². The Kier molecular flexibility index (Phi) is 3.73. The fourth-order valence-corrected chi connectivity index (χ4v) is 4.25. The van der Waals surface area contributed by atoms with Gasteiger partial charge in [-0.1, -0.05) is 0 Å². The van der Waals surface area contributed by atoms with E-state index in [4.69, 9.17) is 0 Å². The van der Waals surface area contributed by atoms with Gasteiger partial charge >= 0.3 is 0 Å². The van der Waals surface area contributed by atoms with Crippen LogP contribution < -0.4 is 5.32 Å². The number of hydrogen-bond acceptors (Lipinski definition) is 3. The van der Waals surface area contributed by atoms with E-state index in [1.807, 2.05) is 0 Å². The lowest BCUT2D eigenvalue weighted by Gasteiger charge is -2.32. The first-order chi connectivity index (χ1) is 8.00. The van der Waals surface area contributed by atoms with Crippen molar-refractivity contribution in [2.24, 2.45) is 5.92 Å². The van der Waals surface area contributed by atoms with E-state index < -0.39 is 10.0 Å². The van der Waals surface area contributed by atoms with E-state index in [1.165, 1.54) is 6.92 Å². The molecule has 0 bridgehead atoms. The zero-order chi connectivity index (χ0) is 12.5. The molecule has 2 fully saturated rings. The average Bonchev–Trinajstić information content (AvgIpc) is 3.11. The van der Waals surface area contributed by atoms with Gasteiger partial charge in [0, 0.05) is 26.6 Å². The van der Waals surface area contributed by atoms with Crippen LogP contribution in [0.4, 0.5) is 0 Å². The number of carbonyl (C=O) groups is 1. The van der Waals surface area contributed by atoms with Crippen molar-refractivity contribution < 1.29 is 13.2 Å². The summed E-state index contributed by atoms with van der Waals surface area (Å²) in [6.45, 7) is 3.29. The summed E-state index contributed by atoms with van der Waals surface area (Å²) in [5.74, 6) is 0.216. The SMILES string of the molecule is CC(=O)NCC1CCCN(S(=O)(=O)C2CC2)C1. The van der Waals surface area contributed by atoms with Gasteiger partial charge in [0.2, 0.25) is 15.9 Å². The Morgan fingerprint density at radius 2 is 2.06 bits per heavy atom. The molecule has 1 unspecified atom stereocenters. The molecule has 1 aliphatic heterocycles. The molecule has 1 atom stereocenters. The summed E-state index contributed by atoms with van der Waals surface area (Å²) in [6, 6.07) is 0. The van der Waals surface area contributed by atoms with E-state index in [9.17, 15) is 13.2 Å². The van der Waals surface area contributed by atoms with Gasteiger partial charge in [0.25, 0.3) is 0 Å². The second kappa shape index (κ2) is 4.94. The second-order valence-corrected chi connectivity index (χ2v) is 7.26. The summed E-state index contributed by atoms with van der Waals surface area (Å²) in [7, 11) is -3.04. The summed E-state index contributed by atoms with van der Waals surface area (Å²) >= 11 is 0. The maximum Gasteiger partial charge on any atom is 0.216 e. The van der Waals surface area contributed by atoms with Crippen LogP contribution in [-0.2, 0) is 14.8 Å². The van der Waals surface area contributed by atoms with Crippen LogP contribution in [0, 0.1) is 5.92 Å². The lowest BCUT2D eigenvalue weighted by molar-refractivity contribution is -0.119. The number of nitrogens with zero attached hydrogens (tertiary/aromatic N) is 1. The Morgan fingerprint density at radius 3 is 2.65 bits per heavy atom. The Hall–Kier alpha value is -0.620. The highest BCUT2D eigenvalue weighted by Gasteiger charge is 2.41. The molecule has 1 N–H and O–H groups in total. The highest BCUT2D eigenvalue weighted by atomic mass is 32.2. The minimum atomic E-state index is -3.04. The topological polar surface area (TPSA) is 66.5 Å². The third-order valence-corrected chi connectivity index (χ3v) is 5.79. The van der Waals surface area contributed by atoms with E-state index in [2.05, 4.69) is 5.32 Å². The van der Waals surface area contributed by atoms with Gasteiger partial charge in [-0.3, -0.25) is 4.79 Å². The fourth-order valence-electron chi connectivity index (χ4n) is 2.29. The third-order valence-electron chi connectivity index (χ3n) is 3.43. The molecule has 6 heteroatoms. The zero-order valence-electron chi connectivity index (χ0n) is 10.2.